The van der Waals surface area contributed by atoms with Crippen LogP contribution in [-0.4, -0.2) is 4.98 Å². The largest absolute Gasteiger partial charge is 0.257 e. The van der Waals surface area contributed by atoms with Gasteiger partial charge < -0.3 is 0 Å². The first kappa shape index (κ1) is 26.4. The molecular formula is C24H47N. The van der Waals surface area contributed by atoms with Crippen molar-refractivity contribution in [3.05, 3.63) is 29.6 Å². The number of rotatable bonds is 5. The first-order valence-electron chi connectivity index (χ1n) is 10.3. The molecule has 0 amide bonds. The van der Waals surface area contributed by atoms with Crippen LogP contribution in [0.3, 0.4) is 0 Å². The first-order valence-corrected chi connectivity index (χ1v) is 10.3. The molecule has 1 aromatic heterocycles. The molecule has 0 spiro atoms. The van der Waals surface area contributed by atoms with Crippen LogP contribution in [0.1, 0.15) is 114 Å². The molecule has 0 radical (unpaired) electrons. The fourth-order valence-electron chi connectivity index (χ4n) is 3.73. The summed E-state index contributed by atoms with van der Waals surface area (Å²) >= 11 is 0. The van der Waals surface area contributed by atoms with Crippen molar-refractivity contribution in [3.63, 3.8) is 0 Å². The van der Waals surface area contributed by atoms with Crippen molar-refractivity contribution in [1.82, 2.24) is 4.98 Å². The molecule has 0 bridgehead atoms. The lowest BCUT2D eigenvalue weighted by molar-refractivity contribution is 0.278. The summed E-state index contributed by atoms with van der Waals surface area (Å²) in [4.78, 5) is 5.05. The van der Waals surface area contributed by atoms with Crippen molar-refractivity contribution in [1.29, 1.82) is 0 Å². The zero-order valence-corrected chi connectivity index (χ0v) is 19.7. The van der Waals surface area contributed by atoms with Gasteiger partial charge in [0.2, 0.25) is 0 Å². The van der Waals surface area contributed by atoms with Gasteiger partial charge in [0, 0.05) is 22.2 Å². The van der Waals surface area contributed by atoms with Gasteiger partial charge in [0.25, 0.3) is 0 Å². The van der Waals surface area contributed by atoms with E-state index in [0.717, 1.165) is 6.42 Å². The minimum Gasteiger partial charge on any atom is -0.257 e. The van der Waals surface area contributed by atoms with Crippen LogP contribution in [0.2, 0.25) is 0 Å². The topological polar surface area (TPSA) is 12.9 Å². The fourth-order valence-corrected chi connectivity index (χ4v) is 3.73. The van der Waals surface area contributed by atoms with Crippen LogP contribution in [0.15, 0.2) is 18.2 Å². The highest BCUT2D eigenvalue weighted by molar-refractivity contribution is 5.23. The smallest absolute Gasteiger partial charge is 0.0463 e. The van der Waals surface area contributed by atoms with E-state index >= 15 is 0 Å². The van der Waals surface area contributed by atoms with Gasteiger partial charge in [0.15, 0.2) is 0 Å². The second kappa shape index (κ2) is 11.0. The highest BCUT2D eigenvalue weighted by Gasteiger charge is 2.30. The average Bonchev–Trinajstić information content (AvgIpc) is 2.48. The number of pyridine rings is 1. The van der Waals surface area contributed by atoms with E-state index in [4.69, 9.17) is 4.98 Å². The third-order valence-corrected chi connectivity index (χ3v) is 4.03. The summed E-state index contributed by atoms with van der Waals surface area (Å²) in [7, 11) is 0. The molecule has 0 aromatic carbocycles. The van der Waals surface area contributed by atoms with Crippen LogP contribution < -0.4 is 0 Å². The maximum Gasteiger partial charge on any atom is 0.0463 e. The normalized spacial score (nSPS) is 12.1. The zero-order valence-electron chi connectivity index (χ0n) is 19.7. The Morgan fingerprint density at radius 2 is 1.16 bits per heavy atom. The van der Waals surface area contributed by atoms with Crippen LogP contribution in [0.25, 0.3) is 0 Å². The molecule has 1 heterocycles. The Labute approximate surface area is 160 Å². The Hall–Kier alpha value is -0.850. The Morgan fingerprint density at radius 1 is 0.760 bits per heavy atom. The van der Waals surface area contributed by atoms with Crippen molar-refractivity contribution in [2.45, 2.75) is 114 Å². The molecule has 0 saturated heterocycles. The van der Waals surface area contributed by atoms with Gasteiger partial charge in [-0.25, -0.2) is 0 Å². The number of nitrogens with zero attached hydrogens (tertiary/aromatic N) is 1. The Morgan fingerprint density at radius 3 is 1.52 bits per heavy atom. The lowest BCUT2D eigenvalue weighted by Gasteiger charge is -2.33. The van der Waals surface area contributed by atoms with E-state index in [0.29, 0.717) is 11.3 Å². The monoisotopic (exact) mass is 349 g/mol. The van der Waals surface area contributed by atoms with Crippen LogP contribution in [-0.2, 0) is 10.8 Å². The third-order valence-electron chi connectivity index (χ3n) is 4.03. The maximum absolute atomic E-state index is 5.05. The third kappa shape index (κ3) is 10.0. The summed E-state index contributed by atoms with van der Waals surface area (Å²) in [6.45, 7) is 28.8. The highest BCUT2D eigenvalue weighted by atomic mass is 14.8. The van der Waals surface area contributed by atoms with Gasteiger partial charge in [-0.3, -0.25) is 4.98 Å². The molecule has 0 fully saturated rings. The minimum absolute atomic E-state index is 0.113. The molecule has 0 aliphatic carbocycles. The molecule has 1 aromatic rings. The van der Waals surface area contributed by atoms with Gasteiger partial charge in [-0.15, -0.1) is 0 Å². The second-order valence-corrected chi connectivity index (χ2v) is 9.51. The Bertz CT molecular complexity index is 461. The van der Waals surface area contributed by atoms with Gasteiger partial charge in [-0.05, 0) is 36.3 Å². The molecule has 0 saturated carbocycles. The van der Waals surface area contributed by atoms with Crippen LogP contribution >= 0.6 is 0 Å². The van der Waals surface area contributed by atoms with Crippen LogP contribution in [0.5, 0.6) is 0 Å². The summed E-state index contributed by atoms with van der Waals surface area (Å²) in [5.41, 5.74) is 3.03. The fraction of sp³-hybridized carbons (Fsp3) is 0.792. The van der Waals surface area contributed by atoms with Crippen molar-refractivity contribution in [3.8, 4) is 0 Å². The van der Waals surface area contributed by atoms with E-state index in [1.165, 1.54) is 17.8 Å². The van der Waals surface area contributed by atoms with Crippen molar-refractivity contribution < 1.29 is 0 Å². The summed E-state index contributed by atoms with van der Waals surface area (Å²) in [6.07, 6.45) is 2.31. The molecule has 1 nitrogen and oxygen atoms in total. The minimum atomic E-state index is 0.113. The van der Waals surface area contributed by atoms with E-state index in [2.05, 4.69) is 80.5 Å². The summed E-state index contributed by atoms with van der Waals surface area (Å²) in [6, 6.07) is 6.57. The number of hydrogen-bond donors (Lipinski definition) is 0. The van der Waals surface area contributed by atoms with Crippen molar-refractivity contribution in [2.75, 3.05) is 0 Å². The molecule has 1 heteroatoms. The molecule has 0 aliphatic heterocycles. The second-order valence-electron chi connectivity index (χ2n) is 9.51. The molecular weight excluding hydrogens is 302 g/mol. The lowest BCUT2D eigenvalue weighted by Crippen LogP contribution is -2.28. The van der Waals surface area contributed by atoms with Gasteiger partial charge in [0.1, 0.15) is 0 Å². The molecule has 25 heavy (non-hydrogen) atoms. The molecule has 0 unspecified atom stereocenters. The standard InChI is InChI=1S/C20H35N.2C2H6/c1-15(2)13-19(6,7)16-11-10-12-17(21-16)20(8,9)14-18(3,4)5;2*1-2/h10-12,15H,13-14H2,1-9H3;2*1-2H3. The summed E-state index contributed by atoms with van der Waals surface area (Å²) in [5, 5.41) is 0. The summed E-state index contributed by atoms with van der Waals surface area (Å²) in [5.74, 6) is 0.688. The van der Waals surface area contributed by atoms with Crippen LogP contribution in [0, 0.1) is 11.3 Å². The first-order chi connectivity index (χ1) is 11.3. The Kier molecular flexibility index (Phi) is 11.6. The van der Waals surface area contributed by atoms with E-state index < -0.39 is 0 Å². The zero-order chi connectivity index (χ0) is 20.5. The van der Waals surface area contributed by atoms with E-state index in [1.807, 2.05) is 27.7 Å². The maximum atomic E-state index is 5.05. The SMILES string of the molecule is CC.CC.CC(C)CC(C)(C)c1cccc(C(C)(C)CC(C)(C)C)n1. The van der Waals surface area contributed by atoms with Crippen molar-refractivity contribution in [2.24, 2.45) is 11.3 Å². The van der Waals surface area contributed by atoms with Gasteiger partial charge in [-0.1, -0.05) is 96.1 Å². The van der Waals surface area contributed by atoms with Crippen LogP contribution in [0.4, 0.5) is 0 Å². The average molecular weight is 350 g/mol. The molecule has 1 rings (SSSR count). The van der Waals surface area contributed by atoms with Gasteiger partial charge in [-0.2, -0.15) is 0 Å². The molecule has 0 N–H and O–H groups in total. The summed E-state index contributed by atoms with van der Waals surface area (Å²) < 4.78 is 0. The van der Waals surface area contributed by atoms with Crippen molar-refractivity contribution >= 4 is 0 Å². The van der Waals surface area contributed by atoms with Gasteiger partial charge >= 0.3 is 0 Å². The quantitative estimate of drug-likeness (QED) is 0.522. The van der Waals surface area contributed by atoms with Gasteiger partial charge in [0.05, 0.1) is 0 Å². The van der Waals surface area contributed by atoms with E-state index in [9.17, 15) is 0 Å². The Balaban J connectivity index is 0. The molecule has 0 atom stereocenters. The molecule has 0 aliphatic rings. The highest BCUT2D eigenvalue weighted by Crippen LogP contribution is 2.37. The van der Waals surface area contributed by atoms with E-state index in [1.54, 1.807) is 0 Å². The predicted octanol–water partition coefficient (Wildman–Crippen LogP) is 8.17. The lowest BCUT2D eigenvalue weighted by atomic mass is 9.73. The van der Waals surface area contributed by atoms with E-state index in [-0.39, 0.29) is 10.8 Å². The number of aromatic nitrogens is 1. The number of hydrogen-bond acceptors (Lipinski definition) is 1. The molecule has 148 valence electrons. The predicted molar refractivity (Wildman–Crippen MR) is 117 cm³/mol.